The molecular weight excluding hydrogens is 358 g/mol. The van der Waals surface area contributed by atoms with E-state index in [4.69, 9.17) is 10.5 Å². The fourth-order valence-corrected chi connectivity index (χ4v) is 3.49. The van der Waals surface area contributed by atoms with E-state index in [-0.39, 0.29) is 27.6 Å². The van der Waals surface area contributed by atoms with Crippen LogP contribution in [0.5, 0.6) is 0 Å². The molecule has 0 radical (unpaired) electrons. The lowest BCUT2D eigenvalue weighted by Crippen LogP contribution is -2.15. The minimum absolute atomic E-state index is 0.114. The Kier molecular flexibility index (Phi) is 4.67. The van der Waals surface area contributed by atoms with Crippen LogP contribution in [0.1, 0.15) is 42.9 Å². The van der Waals surface area contributed by atoms with E-state index in [0.29, 0.717) is 11.2 Å². The number of esters is 1. The highest BCUT2D eigenvalue weighted by Gasteiger charge is 2.26. The summed E-state index contributed by atoms with van der Waals surface area (Å²) in [5.74, 6) is -1.83. The number of fused-ring (bicyclic) bond motifs is 1. The van der Waals surface area contributed by atoms with Gasteiger partial charge in [-0.25, -0.2) is 14.3 Å². The topological polar surface area (TPSA) is 129 Å². The number of rotatable bonds is 5. The Morgan fingerprint density at radius 3 is 2.85 bits per heavy atom. The second-order valence-corrected chi connectivity index (χ2v) is 6.27. The van der Waals surface area contributed by atoms with Gasteiger partial charge >= 0.3 is 5.97 Å². The molecule has 2 amide bonds. The van der Waals surface area contributed by atoms with E-state index in [1.807, 2.05) is 0 Å². The molecule has 26 heavy (non-hydrogen) atoms. The third-order valence-electron chi connectivity index (χ3n) is 3.60. The normalized spacial score (nSPS) is 10.7. The minimum Gasteiger partial charge on any atom is -0.462 e. The first-order valence-electron chi connectivity index (χ1n) is 7.64. The molecule has 0 spiro atoms. The van der Waals surface area contributed by atoms with Crippen molar-refractivity contribution in [3.8, 4) is 0 Å². The zero-order valence-corrected chi connectivity index (χ0v) is 14.8. The number of primary amides is 1. The van der Waals surface area contributed by atoms with Crippen LogP contribution in [-0.4, -0.2) is 39.0 Å². The third-order valence-corrected chi connectivity index (χ3v) is 4.82. The van der Waals surface area contributed by atoms with E-state index in [0.717, 1.165) is 11.3 Å². The standard InChI is InChI=1S/C16H15N5O4S/c1-3-25-16(24)10-8(2)11(12(17)22)26-15(10)20-14(23)9-7-19-21-6-4-5-18-13(9)21/h4-7H,3H2,1-2H3,(H2,17,22)(H,20,23). The summed E-state index contributed by atoms with van der Waals surface area (Å²) >= 11 is 0.924. The summed E-state index contributed by atoms with van der Waals surface area (Å²) in [6, 6.07) is 1.68. The lowest BCUT2D eigenvalue weighted by Gasteiger charge is -2.06. The zero-order valence-electron chi connectivity index (χ0n) is 14.0. The number of nitrogens with zero attached hydrogens (tertiary/aromatic N) is 3. The van der Waals surface area contributed by atoms with Crippen molar-refractivity contribution < 1.29 is 19.1 Å². The van der Waals surface area contributed by atoms with Crippen molar-refractivity contribution in [3.05, 3.63) is 46.2 Å². The molecular formula is C16H15N5O4S. The highest BCUT2D eigenvalue weighted by molar-refractivity contribution is 7.18. The highest BCUT2D eigenvalue weighted by Crippen LogP contribution is 2.34. The summed E-state index contributed by atoms with van der Waals surface area (Å²) in [5, 5.41) is 6.88. The number of aromatic nitrogens is 3. The van der Waals surface area contributed by atoms with Crippen LogP contribution >= 0.6 is 11.3 Å². The Morgan fingerprint density at radius 2 is 2.15 bits per heavy atom. The van der Waals surface area contributed by atoms with Gasteiger partial charge in [-0.3, -0.25) is 9.59 Å². The maximum atomic E-state index is 12.6. The van der Waals surface area contributed by atoms with Crippen LogP contribution in [0.15, 0.2) is 24.7 Å². The summed E-state index contributed by atoms with van der Waals surface area (Å²) in [5.41, 5.74) is 6.43. The Balaban J connectivity index is 2.01. The van der Waals surface area contributed by atoms with Gasteiger partial charge in [-0.05, 0) is 25.5 Å². The van der Waals surface area contributed by atoms with Gasteiger partial charge in [-0.15, -0.1) is 11.3 Å². The molecule has 0 saturated carbocycles. The molecule has 3 heterocycles. The molecule has 0 atom stereocenters. The fourth-order valence-electron chi connectivity index (χ4n) is 2.44. The molecule has 0 aliphatic carbocycles. The number of nitrogens with one attached hydrogen (secondary N) is 1. The first-order chi connectivity index (χ1) is 12.4. The lowest BCUT2D eigenvalue weighted by atomic mass is 10.1. The van der Waals surface area contributed by atoms with Gasteiger partial charge in [-0.1, -0.05) is 0 Å². The van der Waals surface area contributed by atoms with Crippen LogP contribution in [0.2, 0.25) is 0 Å². The van der Waals surface area contributed by atoms with Crippen molar-refractivity contribution in [3.63, 3.8) is 0 Å². The van der Waals surface area contributed by atoms with E-state index in [1.165, 1.54) is 10.7 Å². The first kappa shape index (κ1) is 17.5. The number of carbonyl (C=O) groups excluding carboxylic acids is 3. The fraction of sp³-hybridized carbons (Fsp3) is 0.188. The Bertz CT molecular complexity index is 1020. The monoisotopic (exact) mass is 373 g/mol. The average Bonchev–Trinajstić information content (AvgIpc) is 3.16. The quantitative estimate of drug-likeness (QED) is 0.654. The number of hydrogen-bond donors (Lipinski definition) is 2. The maximum absolute atomic E-state index is 12.6. The molecule has 9 nitrogen and oxygen atoms in total. The second kappa shape index (κ2) is 6.92. The minimum atomic E-state index is -0.684. The van der Waals surface area contributed by atoms with Gasteiger partial charge < -0.3 is 15.8 Å². The van der Waals surface area contributed by atoms with Crippen LogP contribution in [0.25, 0.3) is 5.65 Å². The number of amides is 2. The Labute approximate surface area is 151 Å². The summed E-state index contributed by atoms with van der Waals surface area (Å²) in [7, 11) is 0. The molecule has 3 rings (SSSR count). The van der Waals surface area contributed by atoms with Crippen molar-refractivity contribution in [1.29, 1.82) is 0 Å². The van der Waals surface area contributed by atoms with Gasteiger partial charge in [0.1, 0.15) is 10.6 Å². The average molecular weight is 373 g/mol. The van der Waals surface area contributed by atoms with Crippen molar-refractivity contribution >= 4 is 39.8 Å². The SMILES string of the molecule is CCOC(=O)c1c(NC(=O)c2cnn3cccnc23)sc(C(N)=O)c1C. The molecule has 10 heteroatoms. The third kappa shape index (κ3) is 3.02. The van der Waals surface area contributed by atoms with Crippen molar-refractivity contribution in [1.82, 2.24) is 14.6 Å². The second-order valence-electron chi connectivity index (χ2n) is 5.25. The number of ether oxygens (including phenoxy) is 1. The van der Waals surface area contributed by atoms with Gasteiger partial charge in [0, 0.05) is 12.4 Å². The zero-order chi connectivity index (χ0) is 18.8. The van der Waals surface area contributed by atoms with Gasteiger partial charge in [0.15, 0.2) is 5.65 Å². The summed E-state index contributed by atoms with van der Waals surface area (Å²) < 4.78 is 6.47. The molecule has 3 N–H and O–H groups in total. The number of thiophene rings is 1. The van der Waals surface area contributed by atoms with E-state index in [9.17, 15) is 14.4 Å². The molecule has 0 bridgehead atoms. The maximum Gasteiger partial charge on any atom is 0.341 e. The molecule has 0 aromatic carbocycles. The Morgan fingerprint density at radius 1 is 1.38 bits per heavy atom. The molecule has 3 aromatic rings. The lowest BCUT2D eigenvalue weighted by molar-refractivity contribution is 0.0527. The number of nitrogens with two attached hydrogens (primary N) is 1. The summed E-state index contributed by atoms with van der Waals surface area (Å²) in [6.45, 7) is 3.40. The van der Waals surface area contributed by atoms with E-state index < -0.39 is 17.8 Å². The van der Waals surface area contributed by atoms with E-state index in [1.54, 1.807) is 32.3 Å². The molecule has 0 fully saturated rings. The molecule has 0 aliphatic heterocycles. The highest BCUT2D eigenvalue weighted by atomic mass is 32.1. The molecule has 3 aromatic heterocycles. The molecule has 0 saturated heterocycles. The van der Waals surface area contributed by atoms with E-state index in [2.05, 4.69) is 15.4 Å². The molecule has 134 valence electrons. The molecule has 0 unspecified atom stereocenters. The molecule has 0 aliphatic rings. The van der Waals surface area contributed by atoms with Crippen molar-refractivity contribution in [2.45, 2.75) is 13.8 Å². The number of anilines is 1. The van der Waals surface area contributed by atoms with Gasteiger partial charge in [-0.2, -0.15) is 5.10 Å². The van der Waals surface area contributed by atoms with Crippen LogP contribution in [-0.2, 0) is 4.74 Å². The van der Waals surface area contributed by atoms with E-state index >= 15 is 0 Å². The van der Waals surface area contributed by atoms with Crippen LogP contribution in [0.3, 0.4) is 0 Å². The van der Waals surface area contributed by atoms with Crippen LogP contribution in [0, 0.1) is 6.92 Å². The first-order valence-corrected chi connectivity index (χ1v) is 8.45. The predicted molar refractivity (Wildman–Crippen MR) is 94.5 cm³/mol. The number of carbonyl (C=O) groups is 3. The van der Waals surface area contributed by atoms with Gasteiger partial charge in [0.2, 0.25) is 0 Å². The predicted octanol–water partition coefficient (Wildman–Crippen LogP) is 1.63. The summed E-state index contributed by atoms with van der Waals surface area (Å²) in [6.07, 6.45) is 4.57. The van der Waals surface area contributed by atoms with Crippen LogP contribution < -0.4 is 11.1 Å². The Hall–Kier alpha value is -3.27. The number of hydrogen-bond acceptors (Lipinski definition) is 7. The smallest absolute Gasteiger partial charge is 0.341 e. The largest absolute Gasteiger partial charge is 0.462 e. The van der Waals surface area contributed by atoms with Crippen LogP contribution in [0.4, 0.5) is 5.00 Å². The van der Waals surface area contributed by atoms with Crippen molar-refractivity contribution in [2.75, 3.05) is 11.9 Å². The van der Waals surface area contributed by atoms with Crippen molar-refractivity contribution in [2.24, 2.45) is 5.73 Å². The summed E-state index contributed by atoms with van der Waals surface area (Å²) in [4.78, 5) is 40.8. The van der Waals surface area contributed by atoms with Gasteiger partial charge in [0.25, 0.3) is 11.8 Å². The van der Waals surface area contributed by atoms with Gasteiger partial charge in [0.05, 0.1) is 23.2 Å².